The van der Waals surface area contributed by atoms with E-state index in [1.807, 2.05) is 35.2 Å². The van der Waals surface area contributed by atoms with Gasteiger partial charge in [0.05, 0.1) is 6.20 Å². The summed E-state index contributed by atoms with van der Waals surface area (Å²) in [6.45, 7) is 1.34. The van der Waals surface area contributed by atoms with E-state index in [1.165, 1.54) is 12.4 Å². The quantitative estimate of drug-likeness (QED) is 0.794. The van der Waals surface area contributed by atoms with Crippen LogP contribution in [0.5, 0.6) is 0 Å². The van der Waals surface area contributed by atoms with Gasteiger partial charge in [0.1, 0.15) is 11.5 Å². The number of piperidine rings is 1. The average molecular weight is 334 g/mol. The summed E-state index contributed by atoms with van der Waals surface area (Å²) in [5.41, 5.74) is 1.36. The van der Waals surface area contributed by atoms with Crippen LogP contribution in [0.25, 0.3) is 11.4 Å². The van der Waals surface area contributed by atoms with Gasteiger partial charge in [0.2, 0.25) is 0 Å². The third kappa shape index (κ3) is 3.26. The van der Waals surface area contributed by atoms with Crippen LogP contribution in [0, 0.1) is 0 Å². The van der Waals surface area contributed by atoms with E-state index in [4.69, 9.17) is 0 Å². The first-order valence-electron chi connectivity index (χ1n) is 8.34. The van der Waals surface area contributed by atoms with Crippen molar-refractivity contribution in [2.45, 2.75) is 18.8 Å². The Morgan fingerprint density at radius 3 is 2.88 bits per heavy atom. The number of likely N-dealkylation sites (tertiary alicyclic amines) is 1. The fourth-order valence-electron chi connectivity index (χ4n) is 3.13. The second-order valence-corrected chi connectivity index (χ2v) is 6.09. The molecule has 0 saturated carbocycles. The predicted molar refractivity (Wildman–Crippen MR) is 91.7 cm³/mol. The Bertz CT molecular complexity index is 848. The molecule has 2 aromatic heterocycles. The van der Waals surface area contributed by atoms with E-state index in [9.17, 15) is 4.79 Å². The zero-order valence-corrected chi connectivity index (χ0v) is 13.7. The fourth-order valence-corrected chi connectivity index (χ4v) is 3.13. The molecule has 0 spiro atoms. The molecule has 0 bridgehead atoms. The third-order valence-corrected chi connectivity index (χ3v) is 4.41. The Morgan fingerprint density at radius 2 is 2.08 bits per heavy atom. The number of nitrogens with zero attached hydrogens (tertiary/aromatic N) is 5. The summed E-state index contributed by atoms with van der Waals surface area (Å²) < 4.78 is 0. The van der Waals surface area contributed by atoms with Crippen LogP contribution < -0.4 is 0 Å². The SMILES string of the molecule is O=C(c1cnccn1)N1CCC[C@@H](c2nc(-c3ccccc3)n[nH]2)C1. The monoisotopic (exact) mass is 334 g/mol. The van der Waals surface area contributed by atoms with Crippen molar-refractivity contribution in [1.29, 1.82) is 0 Å². The summed E-state index contributed by atoms with van der Waals surface area (Å²) in [7, 11) is 0. The molecule has 1 aliphatic heterocycles. The number of rotatable bonds is 3. The molecule has 0 aliphatic carbocycles. The van der Waals surface area contributed by atoms with E-state index < -0.39 is 0 Å². The van der Waals surface area contributed by atoms with Crippen molar-refractivity contribution < 1.29 is 4.79 Å². The van der Waals surface area contributed by atoms with Crippen molar-refractivity contribution in [2.24, 2.45) is 0 Å². The Kier molecular flexibility index (Phi) is 4.20. The maximum atomic E-state index is 12.6. The smallest absolute Gasteiger partial charge is 0.274 e. The van der Waals surface area contributed by atoms with Gasteiger partial charge in [0, 0.05) is 37.0 Å². The molecule has 1 amide bonds. The zero-order valence-electron chi connectivity index (χ0n) is 13.7. The lowest BCUT2D eigenvalue weighted by Gasteiger charge is -2.31. The summed E-state index contributed by atoms with van der Waals surface area (Å²) in [5.74, 6) is 1.59. The molecule has 0 radical (unpaired) electrons. The van der Waals surface area contributed by atoms with Gasteiger partial charge >= 0.3 is 0 Å². The molecule has 1 fully saturated rings. The van der Waals surface area contributed by atoms with Gasteiger partial charge in [0.25, 0.3) is 5.91 Å². The van der Waals surface area contributed by atoms with Crippen LogP contribution in [0.4, 0.5) is 0 Å². The third-order valence-electron chi connectivity index (χ3n) is 4.41. The molecular formula is C18H18N6O. The highest BCUT2D eigenvalue weighted by molar-refractivity contribution is 5.92. The first-order chi connectivity index (χ1) is 12.3. The number of amides is 1. The highest BCUT2D eigenvalue weighted by atomic mass is 16.2. The summed E-state index contributed by atoms with van der Waals surface area (Å²) >= 11 is 0. The molecule has 25 heavy (non-hydrogen) atoms. The molecule has 1 aromatic carbocycles. The molecule has 3 heterocycles. The number of H-pyrrole nitrogens is 1. The van der Waals surface area contributed by atoms with Crippen molar-refractivity contribution in [2.75, 3.05) is 13.1 Å². The van der Waals surface area contributed by atoms with Gasteiger partial charge in [-0.2, -0.15) is 5.10 Å². The van der Waals surface area contributed by atoms with E-state index >= 15 is 0 Å². The minimum absolute atomic E-state index is 0.0828. The molecule has 7 nitrogen and oxygen atoms in total. The molecule has 126 valence electrons. The number of carbonyl (C=O) groups is 1. The summed E-state index contributed by atoms with van der Waals surface area (Å²) in [5, 5.41) is 7.37. The molecule has 1 N–H and O–H groups in total. The van der Waals surface area contributed by atoms with E-state index in [0.29, 0.717) is 18.1 Å². The van der Waals surface area contributed by atoms with Gasteiger partial charge < -0.3 is 4.90 Å². The Morgan fingerprint density at radius 1 is 1.20 bits per heavy atom. The minimum Gasteiger partial charge on any atom is -0.337 e. The van der Waals surface area contributed by atoms with Crippen molar-refractivity contribution in [1.82, 2.24) is 30.0 Å². The van der Waals surface area contributed by atoms with Gasteiger partial charge in [-0.25, -0.2) is 9.97 Å². The summed E-state index contributed by atoms with van der Waals surface area (Å²) in [6.07, 6.45) is 6.52. The zero-order chi connectivity index (χ0) is 17.1. The summed E-state index contributed by atoms with van der Waals surface area (Å²) in [4.78, 5) is 27.1. The van der Waals surface area contributed by atoms with Crippen molar-refractivity contribution in [3.8, 4) is 11.4 Å². The van der Waals surface area contributed by atoms with Crippen molar-refractivity contribution in [3.05, 3.63) is 60.4 Å². The average Bonchev–Trinajstić information content (AvgIpc) is 3.19. The van der Waals surface area contributed by atoms with E-state index in [-0.39, 0.29) is 11.8 Å². The van der Waals surface area contributed by atoms with Crippen LogP contribution in [0.15, 0.2) is 48.9 Å². The lowest BCUT2D eigenvalue weighted by molar-refractivity contribution is 0.0698. The number of aromatic amines is 1. The Hall–Kier alpha value is -3.09. The van der Waals surface area contributed by atoms with Crippen LogP contribution >= 0.6 is 0 Å². The van der Waals surface area contributed by atoms with E-state index in [0.717, 1.165) is 30.8 Å². The van der Waals surface area contributed by atoms with Gasteiger partial charge in [0.15, 0.2) is 5.82 Å². The van der Waals surface area contributed by atoms with Crippen molar-refractivity contribution >= 4 is 5.91 Å². The van der Waals surface area contributed by atoms with Gasteiger partial charge in [-0.15, -0.1) is 0 Å². The van der Waals surface area contributed by atoms with Crippen LogP contribution in [-0.2, 0) is 0 Å². The van der Waals surface area contributed by atoms with E-state index in [2.05, 4.69) is 25.1 Å². The van der Waals surface area contributed by atoms with Gasteiger partial charge in [-0.05, 0) is 12.8 Å². The maximum absolute atomic E-state index is 12.6. The molecule has 1 atom stereocenters. The molecule has 3 aromatic rings. The number of hydrogen-bond acceptors (Lipinski definition) is 5. The number of hydrogen-bond donors (Lipinski definition) is 1. The molecule has 0 unspecified atom stereocenters. The predicted octanol–water partition coefficient (Wildman–Crippen LogP) is 2.28. The molecule has 1 saturated heterocycles. The molecular weight excluding hydrogens is 316 g/mol. The largest absolute Gasteiger partial charge is 0.337 e. The Labute approximate surface area is 145 Å². The van der Waals surface area contributed by atoms with Crippen LogP contribution in [0.1, 0.15) is 35.1 Å². The molecule has 1 aliphatic rings. The highest BCUT2D eigenvalue weighted by Crippen LogP contribution is 2.26. The van der Waals surface area contributed by atoms with E-state index in [1.54, 1.807) is 6.20 Å². The standard InChI is InChI=1S/C18H18N6O/c25-18(15-11-19-8-9-20-15)24-10-4-7-14(12-24)17-21-16(22-23-17)13-5-2-1-3-6-13/h1-3,5-6,8-9,11,14H,4,7,10,12H2,(H,21,22,23)/t14-/m1/s1. The first kappa shape index (κ1) is 15.4. The highest BCUT2D eigenvalue weighted by Gasteiger charge is 2.28. The minimum atomic E-state index is -0.0828. The number of aromatic nitrogens is 5. The lowest BCUT2D eigenvalue weighted by atomic mass is 9.97. The Balaban J connectivity index is 1.50. The second-order valence-electron chi connectivity index (χ2n) is 6.09. The number of nitrogens with one attached hydrogen (secondary N) is 1. The topological polar surface area (TPSA) is 87.7 Å². The summed E-state index contributed by atoms with van der Waals surface area (Å²) in [6, 6.07) is 9.87. The molecule has 7 heteroatoms. The normalized spacial score (nSPS) is 17.4. The first-order valence-corrected chi connectivity index (χ1v) is 8.34. The van der Waals surface area contributed by atoms with Gasteiger partial charge in [-0.3, -0.25) is 14.9 Å². The van der Waals surface area contributed by atoms with Crippen LogP contribution in [0.3, 0.4) is 0 Å². The van der Waals surface area contributed by atoms with Crippen molar-refractivity contribution in [3.63, 3.8) is 0 Å². The number of carbonyl (C=O) groups excluding carboxylic acids is 1. The van der Waals surface area contributed by atoms with Crippen LogP contribution in [-0.4, -0.2) is 49.0 Å². The molecule has 4 rings (SSSR count). The van der Waals surface area contributed by atoms with Gasteiger partial charge in [-0.1, -0.05) is 30.3 Å². The fraction of sp³-hybridized carbons (Fsp3) is 0.278. The lowest BCUT2D eigenvalue weighted by Crippen LogP contribution is -2.39. The maximum Gasteiger partial charge on any atom is 0.274 e. The second kappa shape index (κ2) is 6.80. The number of benzene rings is 1. The van der Waals surface area contributed by atoms with Crippen LogP contribution in [0.2, 0.25) is 0 Å².